The van der Waals surface area contributed by atoms with Gasteiger partial charge in [-0.3, -0.25) is 9.59 Å². The number of benzene rings is 1. The molecule has 0 radical (unpaired) electrons. The summed E-state index contributed by atoms with van der Waals surface area (Å²) in [6, 6.07) is 8.10. The van der Waals surface area contributed by atoms with Crippen molar-refractivity contribution in [2.24, 2.45) is 5.92 Å². The van der Waals surface area contributed by atoms with E-state index in [0.717, 1.165) is 12.0 Å². The molecular formula is C18H26N2O2. The molecule has 1 aliphatic rings. The summed E-state index contributed by atoms with van der Waals surface area (Å²) in [7, 11) is 0. The van der Waals surface area contributed by atoms with Crippen LogP contribution in [0.15, 0.2) is 24.3 Å². The highest BCUT2D eigenvalue weighted by Crippen LogP contribution is 2.32. The Morgan fingerprint density at radius 3 is 2.59 bits per heavy atom. The van der Waals surface area contributed by atoms with Crippen molar-refractivity contribution in [2.75, 3.05) is 6.54 Å². The van der Waals surface area contributed by atoms with Gasteiger partial charge in [-0.15, -0.1) is 0 Å². The van der Waals surface area contributed by atoms with E-state index in [-0.39, 0.29) is 23.9 Å². The van der Waals surface area contributed by atoms with E-state index in [9.17, 15) is 9.59 Å². The molecule has 1 N–H and O–H groups in total. The van der Waals surface area contributed by atoms with E-state index in [2.05, 4.69) is 25.2 Å². The molecule has 0 aliphatic carbocycles. The number of fused-ring (bicyclic) bond motifs is 1. The molecule has 0 saturated carbocycles. The van der Waals surface area contributed by atoms with Gasteiger partial charge in [0.05, 0.1) is 12.5 Å². The van der Waals surface area contributed by atoms with Crippen LogP contribution in [0.4, 0.5) is 0 Å². The molecule has 22 heavy (non-hydrogen) atoms. The first-order valence-corrected chi connectivity index (χ1v) is 8.04. The van der Waals surface area contributed by atoms with E-state index in [0.29, 0.717) is 18.9 Å². The third-order valence-corrected chi connectivity index (χ3v) is 4.58. The summed E-state index contributed by atoms with van der Waals surface area (Å²) in [6.45, 7) is 8.45. The second kappa shape index (κ2) is 6.95. The van der Waals surface area contributed by atoms with Crippen LogP contribution in [0.2, 0.25) is 0 Å². The molecule has 2 atom stereocenters. The summed E-state index contributed by atoms with van der Waals surface area (Å²) in [5.74, 6) is 0.435. The Bertz CT molecular complexity index is 554. The highest BCUT2D eigenvalue weighted by atomic mass is 16.2. The van der Waals surface area contributed by atoms with Crippen LogP contribution in [0.5, 0.6) is 0 Å². The monoisotopic (exact) mass is 302 g/mol. The van der Waals surface area contributed by atoms with Gasteiger partial charge in [0.1, 0.15) is 0 Å². The van der Waals surface area contributed by atoms with Crippen LogP contribution < -0.4 is 5.32 Å². The number of carbonyl (C=O) groups excluding carboxylic acids is 2. The highest BCUT2D eigenvalue weighted by Gasteiger charge is 2.30. The zero-order valence-corrected chi connectivity index (χ0v) is 13.9. The summed E-state index contributed by atoms with van der Waals surface area (Å²) in [6.07, 6.45) is 1.18. The van der Waals surface area contributed by atoms with Crippen molar-refractivity contribution in [3.63, 3.8) is 0 Å². The molecule has 2 rings (SSSR count). The molecule has 0 fully saturated rings. The van der Waals surface area contributed by atoms with Crippen molar-refractivity contribution >= 4 is 11.8 Å². The standard InChI is InChI=1S/C18H26N2O2/c1-12(2)13(3)19-18(22)11-17-16-8-6-5-7-15(16)9-10-20(17)14(4)21/h5-8,12-13,17H,9-11H2,1-4H3,(H,19,22). The number of hydrogen-bond acceptors (Lipinski definition) is 2. The lowest BCUT2D eigenvalue weighted by atomic mass is 9.90. The van der Waals surface area contributed by atoms with E-state index >= 15 is 0 Å². The Hall–Kier alpha value is -1.84. The third-order valence-electron chi connectivity index (χ3n) is 4.58. The maximum absolute atomic E-state index is 12.4. The smallest absolute Gasteiger partial charge is 0.222 e. The average Bonchev–Trinajstić information content (AvgIpc) is 2.46. The normalized spacial score (nSPS) is 18.8. The predicted molar refractivity (Wildman–Crippen MR) is 87.3 cm³/mol. The molecule has 4 nitrogen and oxygen atoms in total. The summed E-state index contributed by atoms with van der Waals surface area (Å²) in [4.78, 5) is 26.1. The number of rotatable bonds is 4. The van der Waals surface area contributed by atoms with Crippen molar-refractivity contribution in [1.29, 1.82) is 0 Å². The van der Waals surface area contributed by atoms with Crippen molar-refractivity contribution < 1.29 is 9.59 Å². The lowest BCUT2D eigenvalue weighted by Crippen LogP contribution is -2.43. The number of amides is 2. The maximum Gasteiger partial charge on any atom is 0.222 e. The molecule has 0 bridgehead atoms. The number of nitrogens with zero attached hydrogens (tertiary/aromatic N) is 1. The van der Waals surface area contributed by atoms with Crippen LogP contribution in [-0.2, 0) is 16.0 Å². The number of carbonyl (C=O) groups is 2. The first kappa shape index (κ1) is 16.5. The molecule has 1 heterocycles. The lowest BCUT2D eigenvalue weighted by molar-refractivity contribution is -0.133. The molecule has 2 unspecified atom stereocenters. The van der Waals surface area contributed by atoms with Gasteiger partial charge in [-0.25, -0.2) is 0 Å². The van der Waals surface area contributed by atoms with E-state index in [1.165, 1.54) is 5.56 Å². The van der Waals surface area contributed by atoms with Gasteiger partial charge >= 0.3 is 0 Å². The Kier molecular flexibility index (Phi) is 5.22. The van der Waals surface area contributed by atoms with Crippen LogP contribution in [0.25, 0.3) is 0 Å². The minimum atomic E-state index is -0.151. The lowest BCUT2D eigenvalue weighted by Gasteiger charge is -2.36. The minimum absolute atomic E-state index is 0.00848. The third kappa shape index (κ3) is 3.67. The van der Waals surface area contributed by atoms with Crippen molar-refractivity contribution in [1.82, 2.24) is 10.2 Å². The van der Waals surface area contributed by atoms with E-state index in [4.69, 9.17) is 0 Å². The van der Waals surface area contributed by atoms with Crippen LogP contribution >= 0.6 is 0 Å². The fourth-order valence-corrected chi connectivity index (χ4v) is 2.90. The largest absolute Gasteiger partial charge is 0.353 e. The zero-order valence-electron chi connectivity index (χ0n) is 13.9. The molecule has 2 amide bonds. The van der Waals surface area contributed by atoms with Gasteiger partial charge in [0, 0.05) is 19.5 Å². The molecule has 1 aromatic carbocycles. The summed E-state index contributed by atoms with van der Waals surface area (Å²) < 4.78 is 0. The Morgan fingerprint density at radius 1 is 1.27 bits per heavy atom. The SMILES string of the molecule is CC(=O)N1CCc2ccccc2C1CC(=O)NC(C)C(C)C. The Balaban J connectivity index is 2.18. The van der Waals surface area contributed by atoms with Crippen LogP contribution in [0.1, 0.15) is 51.3 Å². The molecule has 0 aromatic heterocycles. The summed E-state index contributed by atoms with van der Waals surface area (Å²) in [5, 5.41) is 3.04. The molecular weight excluding hydrogens is 276 g/mol. The summed E-state index contributed by atoms with van der Waals surface area (Å²) >= 11 is 0. The quantitative estimate of drug-likeness (QED) is 0.929. The van der Waals surface area contributed by atoms with Crippen molar-refractivity contribution in [2.45, 2.75) is 52.6 Å². The molecule has 0 saturated heterocycles. The number of hydrogen-bond donors (Lipinski definition) is 1. The topological polar surface area (TPSA) is 49.4 Å². The first-order chi connectivity index (χ1) is 10.4. The van der Waals surface area contributed by atoms with Gasteiger partial charge in [-0.05, 0) is 30.4 Å². The van der Waals surface area contributed by atoms with Crippen molar-refractivity contribution in [3.05, 3.63) is 35.4 Å². The second-order valence-electron chi connectivity index (χ2n) is 6.48. The molecule has 1 aliphatic heterocycles. The van der Waals surface area contributed by atoms with Crippen LogP contribution in [0.3, 0.4) is 0 Å². The van der Waals surface area contributed by atoms with Gasteiger partial charge in [0.15, 0.2) is 0 Å². The highest BCUT2D eigenvalue weighted by molar-refractivity contribution is 5.79. The van der Waals surface area contributed by atoms with Crippen LogP contribution in [-0.4, -0.2) is 29.3 Å². The Labute approximate surface area is 132 Å². The zero-order chi connectivity index (χ0) is 16.3. The maximum atomic E-state index is 12.4. The Morgan fingerprint density at radius 2 is 1.95 bits per heavy atom. The van der Waals surface area contributed by atoms with Crippen molar-refractivity contribution in [3.8, 4) is 0 Å². The molecule has 0 spiro atoms. The molecule has 1 aromatic rings. The fraction of sp³-hybridized carbons (Fsp3) is 0.556. The van der Waals surface area contributed by atoms with Gasteiger partial charge in [-0.1, -0.05) is 38.1 Å². The van der Waals surface area contributed by atoms with Gasteiger partial charge in [-0.2, -0.15) is 0 Å². The van der Waals surface area contributed by atoms with Crippen LogP contribution in [0, 0.1) is 5.92 Å². The fourth-order valence-electron chi connectivity index (χ4n) is 2.90. The predicted octanol–water partition coefficient (Wildman–Crippen LogP) is 2.68. The van der Waals surface area contributed by atoms with Gasteiger partial charge in [0.25, 0.3) is 0 Å². The van der Waals surface area contributed by atoms with E-state index in [1.54, 1.807) is 6.92 Å². The van der Waals surface area contributed by atoms with Gasteiger partial charge < -0.3 is 10.2 Å². The molecule has 120 valence electrons. The first-order valence-electron chi connectivity index (χ1n) is 8.04. The minimum Gasteiger partial charge on any atom is -0.353 e. The summed E-state index contributed by atoms with van der Waals surface area (Å²) in [5.41, 5.74) is 2.35. The second-order valence-corrected chi connectivity index (χ2v) is 6.48. The number of nitrogens with one attached hydrogen (secondary N) is 1. The molecule has 4 heteroatoms. The van der Waals surface area contributed by atoms with E-state index in [1.807, 2.05) is 30.0 Å². The van der Waals surface area contributed by atoms with Gasteiger partial charge in [0.2, 0.25) is 11.8 Å². The average molecular weight is 302 g/mol. The van der Waals surface area contributed by atoms with E-state index < -0.39 is 0 Å².